The molecule has 88 valence electrons. The van der Waals surface area contributed by atoms with Gasteiger partial charge in [-0.2, -0.15) is 0 Å². The first kappa shape index (κ1) is 10.8. The second kappa shape index (κ2) is 4.50. The summed E-state index contributed by atoms with van der Waals surface area (Å²) in [5, 5.41) is 3.99. The molecule has 0 saturated carbocycles. The Balaban J connectivity index is 1.97. The Morgan fingerprint density at radius 3 is 2.88 bits per heavy atom. The monoisotopic (exact) mass is 247 g/mol. The van der Waals surface area contributed by atoms with Crippen LogP contribution in [0.1, 0.15) is 6.42 Å². The number of nitrogens with one attached hydrogen (secondary N) is 1. The zero-order valence-corrected chi connectivity index (χ0v) is 10.1. The second-order valence-electron chi connectivity index (χ2n) is 4.11. The molecule has 2 heterocycles. The first-order valence-corrected chi connectivity index (χ1v) is 6.89. The van der Waals surface area contributed by atoms with Crippen LogP contribution in [0, 0.1) is 0 Å². The minimum absolute atomic E-state index is 0.172. The van der Waals surface area contributed by atoms with Crippen LogP contribution in [0.25, 0.3) is 11.0 Å². The summed E-state index contributed by atoms with van der Waals surface area (Å²) >= 11 is 0. The van der Waals surface area contributed by atoms with E-state index in [-0.39, 0.29) is 5.25 Å². The van der Waals surface area contributed by atoms with Crippen LogP contribution in [0.2, 0.25) is 0 Å². The van der Waals surface area contributed by atoms with Gasteiger partial charge in [-0.25, -0.2) is 4.98 Å². The summed E-state index contributed by atoms with van der Waals surface area (Å²) in [6.45, 7) is 1.75. The highest BCUT2D eigenvalue weighted by Gasteiger charge is 2.23. The average molecular weight is 247 g/mol. The molecule has 1 aromatic heterocycles. The quantitative estimate of drug-likeness (QED) is 0.863. The van der Waals surface area contributed by atoms with Crippen LogP contribution in [0.5, 0.6) is 0 Å². The first-order valence-electron chi connectivity index (χ1n) is 5.68. The average Bonchev–Trinajstić information content (AvgIpc) is 2.91. The van der Waals surface area contributed by atoms with Gasteiger partial charge in [0.15, 0.2) is 0 Å². The molecule has 1 aromatic carbocycles. The van der Waals surface area contributed by atoms with E-state index in [2.05, 4.69) is 15.3 Å². The van der Waals surface area contributed by atoms with E-state index in [1.54, 1.807) is 6.20 Å². The van der Waals surface area contributed by atoms with Gasteiger partial charge in [0.05, 0.1) is 33.3 Å². The molecule has 0 spiro atoms. The van der Waals surface area contributed by atoms with Crippen molar-refractivity contribution in [2.45, 2.75) is 16.7 Å². The molecule has 3 rings (SSSR count). The third kappa shape index (κ3) is 2.08. The molecule has 0 aliphatic carbocycles. The molecule has 4 nitrogen and oxygen atoms in total. The zero-order chi connectivity index (χ0) is 11.7. The molecule has 0 bridgehead atoms. The lowest BCUT2D eigenvalue weighted by molar-refractivity contribution is 0.669. The summed E-state index contributed by atoms with van der Waals surface area (Å²) in [4.78, 5) is 8.73. The van der Waals surface area contributed by atoms with Gasteiger partial charge in [-0.3, -0.25) is 9.19 Å². The van der Waals surface area contributed by atoms with E-state index in [4.69, 9.17) is 0 Å². The van der Waals surface area contributed by atoms with Gasteiger partial charge in [0.2, 0.25) is 0 Å². The number of fused-ring (bicyclic) bond motifs is 1. The van der Waals surface area contributed by atoms with E-state index in [0.717, 1.165) is 30.5 Å². The van der Waals surface area contributed by atoms with Crippen molar-refractivity contribution in [3.05, 3.63) is 30.5 Å². The van der Waals surface area contributed by atoms with Crippen LogP contribution < -0.4 is 5.32 Å². The van der Waals surface area contributed by atoms with E-state index in [9.17, 15) is 4.21 Å². The van der Waals surface area contributed by atoms with Crippen molar-refractivity contribution < 1.29 is 4.21 Å². The second-order valence-corrected chi connectivity index (χ2v) is 5.79. The van der Waals surface area contributed by atoms with Gasteiger partial charge in [0.25, 0.3) is 0 Å². The lowest BCUT2D eigenvalue weighted by atomic mass is 10.3. The molecule has 1 saturated heterocycles. The summed E-state index contributed by atoms with van der Waals surface area (Å²) in [5.74, 6) is 0. The van der Waals surface area contributed by atoms with Crippen LogP contribution in [0.3, 0.4) is 0 Å². The SMILES string of the molecule is O=S(c1cnc2ccccc2n1)C1CCNC1. The lowest BCUT2D eigenvalue weighted by Crippen LogP contribution is -2.19. The largest absolute Gasteiger partial charge is 0.315 e. The molecule has 0 radical (unpaired) electrons. The Kier molecular flexibility index (Phi) is 2.86. The van der Waals surface area contributed by atoms with Crippen LogP contribution >= 0.6 is 0 Å². The molecule has 5 heteroatoms. The Morgan fingerprint density at radius 2 is 2.12 bits per heavy atom. The minimum atomic E-state index is -1.05. The van der Waals surface area contributed by atoms with Gasteiger partial charge in [-0.1, -0.05) is 12.1 Å². The summed E-state index contributed by atoms with van der Waals surface area (Å²) in [5.41, 5.74) is 1.65. The molecule has 17 heavy (non-hydrogen) atoms. The Labute approximate surface area is 102 Å². The normalized spacial score (nSPS) is 21.8. The molecule has 2 atom stereocenters. The fraction of sp³-hybridized carbons (Fsp3) is 0.333. The number of benzene rings is 1. The third-order valence-electron chi connectivity index (χ3n) is 2.95. The smallest absolute Gasteiger partial charge is 0.146 e. The predicted molar refractivity (Wildman–Crippen MR) is 67.2 cm³/mol. The van der Waals surface area contributed by atoms with E-state index in [0.29, 0.717) is 5.03 Å². The van der Waals surface area contributed by atoms with Gasteiger partial charge in [-0.05, 0) is 25.1 Å². The summed E-state index contributed by atoms with van der Waals surface area (Å²) in [6, 6.07) is 7.65. The number of nitrogens with zero attached hydrogens (tertiary/aromatic N) is 2. The van der Waals surface area contributed by atoms with Crippen molar-refractivity contribution in [3.63, 3.8) is 0 Å². The molecule has 1 N–H and O–H groups in total. The predicted octanol–water partition coefficient (Wildman–Crippen LogP) is 1.10. The summed E-state index contributed by atoms with van der Waals surface area (Å²) in [6.07, 6.45) is 2.58. The molecule has 0 amide bonds. The highest BCUT2D eigenvalue weighted by Crippen LogP contribution is 2.16. The van der Waals surface area contributed by atoms with Crippen molar-refractivity contribution >= 4 is 21.8 Å². The number of aromatic nitrogens is 2. The molecular formula is C12H13N3OS. The van der Waals surface area contributed by atoms with Crippen molar-refractivity contribution in [3.8, 4) is 0 Å². The Hall–Kier alpha value is -1.33. The van der Waals surface area contributed by atoms with Gasteiger partial charge in [-0.15, -0.1) is 0 Å². The Bertz CT molecular complexity index is 566. The van der Waals surface area contributed by atoms with Crippen LogP contribution in [0.4, 0.5) is 0 Å². The van der Waals surface area contributed by atoms with Crippen LogP contribution in [0.15, 0.2) is 35.5 Å². The zero-order valence-electron chi connectivity index (χ0n) is 9.30. The maximum atomic E-state index is 12.3. The van der Waals surface area contributed by atoms with Gasteiger partial charge >= 0.3 is 0 Å². The number of hydrogen-bond donors (Lipinski definition) is 1. The van der Waals surface area contributed by atoms with Crippen molar-refractivity contribution in [2.24, 2.45) is 0 Å². The molecule has 1 fully saturated rings. The maximum Gasteiger partial charge on any atom is 0.146 e. The number of hydrogen-bond acceptors (Lipinski definition) is 4. The Morgan fingerprint density at radius 1 is 1.29 bits per heavy atom. The topological polar surface area (TPSA) is 54.9 Å². The van der Waals surface area contributed by atoms with Gasteiger partial charge in [0, 0.05) is 6.54 Å². The van der Waals surface area contributed by atoms with E-state index in [1.165, 1.54) is 0 Å². The van der Waals surface area contributed by atoms with Crippen molar-refractivity contribution in [1.82, 2.24) is 15.3 Å². The van der Waals surface area contributed by atoms with Gasteiger partial charge < -0.3 is 5.32 Å². The fourth-order valence-electron chi connectivity index (χ4n) is 2.02. The summed E-state index contributed by atoms with van der Waals surface area (Å²) in [7, 11) is -1.05. The third-order valence-corrected chi connectivity index (χ3v) is 4.57. The molecular weight excluding hydrogens is 234 g/mol. The van der Waals surface area contributed by atoms with E-state index >= 15 is 0 Å². The molecule has 2 aromatic rings. The van der Waals surface area contributed by atoms with E-state index < -0.39 is 10.8 Å². The van der Waals surface area contributed by atoms with Crippen molar-refractivity contribution in [2.75, 3.05) is 13.1 Å². The maximum absolute atomic E-state index is 12.3. The van der Waals surface area contributed by atoms with Crippen LogP contribution in [-0.2, 0) is 10.8 Å². The number of para-hydroxylation sites is 2. The fourth-order valence-corrected chi connectivity index (χ4v) is 3.31. The number of rotatable bonds is 2. The minimum Gasteiger partial charge on any atom is -0.315 e. The highest BCUT2D eigenvalue weighted by molar-refractivity contribution is 7.85. The highest BCUT2D eigenvalue weighted by atomic mass is 32.2. The summed E-state index contributed by atoms with van der Waals surface area (Å²) < 4.78 is 12.3. The first-order chi connectivity index (χ1) is 8.34. The van der Waals surface area contributed by atoms with Crippen LogP contribution in [-0.4, -0.2) is 32.5 Å². The standard InChI is InChI=1S/C12H13N3OS/c16-17(9-5-6-13-7-9)12-8-14-10-3-1-2-4-11(10)15-12/h1-4,8-9,13H,5-7H2. The molecule has 1 aliphatic rings. The van der Waals surface area contributed by atoms with Crippen molar-refractivity contribution in [1.29, 1.82) is 0 Å². The molecule has 2 unspecified atom stereocenters. The molecule has 1 aliphatic heterocycles. The van der Waals surface area contributed by atoms with E-state index in [1.807, 2.05) is 24.3 Å². The van der Waals surface area contributed by atoms with Gasteiger partial charge in [0.1, 0.15) is 5.03 Å². The lowest BCUT2D eigenvalue weighted by Gasteiger charge is -2.07.